The molecule has 0 spiro atoms. The zero-order chi connectivity index (χ0) is 24.1. The third kappa shape index (κ3) is 5.09. The van der Waals surface area contributed by atoms with E-state index in [0.717, 1.165) is 22.4 Å². The van der Waals surface area contributed by atoms with Gasteiger partial charge in [-0.15, -0.1) is 10.1 Å². The van der Waals surface area contributed by atoms with Gasteiger partial charge in [0.15, 0.2) is 6.04 Å². The molecule has 2 atom stereocenters. The number of rotatable bonds is 7. The van der Waals surface area contributed by atoms with Gasteiger partial charge < -0.3 is 14.8 Å². The average Bonchev–Trinajstić information content (AvgIpc) is 3.15. The molecule has 7 nitrogen and oxygen atoms in total. The van der Waals surface area contributed by atoms with Gasteiger partial charge in [-0.25, -0.2) is 0 Å². The lowest BCUT2D eigenvalue weighted by Gasteiger charge is -2.15. The van der Waals surface area contributed by atoms with Gasteiger partial charge in [-0.3, -0.25) is 9.59 Å². The van der Waals surface area contributed by atoms with Crippen molar-refractivity contribution in [1.82, 2.24) is 10.7 Å². The molecule has 1 heterocycles. The largest absolute Gasteiger partial charge is 0.497 e. The smallest absolute Gasteiger partial charge is 0.304 e. The average molecular weight is 459 g/mol. The lowest BCUT2D eigenvalue weighted by atomic mass is 9.98. The van der Waals surface area contributed by atoms with Gasteiger partial charge in [0.25, 0.3) is 5.91 Å². The number of aryl methyl sites for hydroxylation is 1. The number of hydrogen-bond acceptors (Lipinski definition) is 4. The SMILES string of the molecule is CCOc1ccc(/C=[N+]2\NC(=O)[C@@H](NC(=O)c3ccc(OC)cc3)[C@@H]2c2ccc(C)cc2)cc1. The normalized spacial score (nSPS) is 18.4. The van der Waals surface area contributed by atoms with Crippen LogP contribution in [0.1, 0.15) is 40.0 Å². The first-order chi connectivity index (χ1) is 16.5. The lowest BCUT2D eigenvalue weighted by Crippen LogP contribution is -2.42. The van der Waals surface area contributed by atoms with Crippen LogP contribution in [0.2, 0.25) is 0 Å². The molecule has 3 aromatic carbocycles. The molecule has 0 unspecified atom stereocenters. The van der Waals surface area contributed by atoms with Crippen LogP contribution in [-0.2, 0) is 4.79 Å². The zero-order valence-corrected chi connectivity index (χ0v) is 19.4. The Balaban J connectivity index is 1.65. The topological polar surface area (TPSA) is 79.7 Å². The molecule has 1 aliphatic rings. The van der Waals surface area contributed by atoms with Crippen molar-refractivity contribution in [1.29, 1.82) is 0 Å². The van der Waals surface area contributed by atoms with Crippen molar-refractivity contribution in [3.63, 3.8) is 0 Å². The zero-order valence-electron chi connectivity index (χ0n) is 19.4. The molecule has 1 fully saturated rings. The Bertz CT molecular complexity index is 1190. The van der Waals surface area contributed by atoms with Gasteiger partial charge in [0.05, 0.1) is 13.7 Å². The van der Waals surface area contributed by atoms with Crippen molar-refractivity contribution >= 4 is 18.0 Å². The molecule has 0 aromatic heterocycles. The number of carbonyl (C=O) groups excluding carboxylic acids is 2. The summed E-state index contributed by atoms with van der Waals surface area (Å²) in [6.45, 7) is 4.54. The van der Waals surface area contributed by atoms with Gasteiger partial charge in [-0.1, -0.05) is 29.8 Å². The van der Waals surface area contributed by atoms with Crippen LogP contribution >= 0.6 is 0 Å². The van der Waals surface area contributed by atoms with E-state index in [1.54, 1.807) is 36.1 Å². The number of methoxy groups -OCH3 is 1. The van der Waals surface area contributed by atoms with Crippen LogP contribution in [0.15, 0.2) is 72.8 Å². The molecule has 0 saturated carbocycles. The van der Waals surface area contributed by atoms with Gasteiger partial charge in [0.1, 0.15) is 11.5 Å². The summed E-state index contributed by atoms with van der Waals surface area (Å²) in [5.74, 6) is 0.825. The Hall–Kier alpha value is -4.13. The van der Waals surface area contributed by atoms with E-state index in [0.29, 0.717) is 17.9 Å². The Morgan fingerprint density at radius 2 is 1.65 bits per heavy atom. The minimum atomic E-state index is -0.781. The standard InChI is InChI=1S/C27H27N3O4/c1-4-34-23-13-7-19(8-14-23)17-30-25(20-9-5-18(2)6-10-20)24(27(32)29-30)28-26(31)21-11-15-22(33-3)16-12-21/h5-17,24-25H,4H2,1-3H3,(H-,28,29,31,32)/p+1/b30-17-/t24-,25-/m0/s1. The number of amides is 2. The second-order valence-electron chi connectivity index (χ2n) is 8.05. The van der Waals surface area contributed by atoms with Crippen LogP contribution in [0.25, 0.3) is 0 Å². The third-order valence-corrected chi connectivity index (χ3v) is 5.67. The van der Waals surface area contributed by atoms with E-state index >= 15 is 0 Å². The first kappa shape index (κ1) is 23.0. The van der Waals surface area contributed by atoms with Crippen molar-refractivity contribution in [2.24, 2.45) is 0 Å². The highest BCUT2D eigenvalue weighted by Gasteiger charge is 2.47. The van der Waals surface area contributed by atoms with Crippen molar-refractivity contribution < 1.29 is 23.7 Å². The Morgan fingerprint density at radius 1 is 1.00 bits per heavy atom. The van der Waals surface area contributed by atoms with E-state index in [1.807, 2.05) is 68.6 Å². The predicted octanol–water partition coefficient (Wildman–Crippen LogP) is 3.42. The highest BCUT2D eigenvalue weighted by molar-refractivity contribution is 5.98. The Morgan fingerprint density at radius 3 is 2.26 bits per heavy atom. The van der Waals surface area contributed by atoms with Crippen LogP contribution < -0.4 is 20.2 Å². The highest BCUT2D eigenvalue weighted by Crippen LogP contribution is 2.26. The summed E-state index contributed by atoms with van der Waals surface area (Å²) in [7, 11) is 1.57. The van der Waals surface area contributed by atoms with Gasteiger partial charge >= 0.3 is 5.91 Å². The maximum Gasteiger partial charge on any atom is 0.304 e. The van der Waals surface area contributed by atoms with Crippen LogP contribution in [0.5, 0.6) is 11.5 Å². The van der Waals surface area contributed by atoms with Crippen molar-refractivity contribution in [2.75, 3.05) is 13.7 Å². The summed E-state index contributed by atoms with van der Waals surface area (Å²) in [5.41, 5.74) is 6.27. The van der Waals surface area contributed by atoms with E-state index in [1.165, 1.54) is 0 Å². The van der Waals surface area contributed by atoms with Gasteiger partial charge in [0.2, 0.25) is 12.3 Å². The maximum absolute atomic E-state index is 13.0. The first-order valence-electron chi connectivity index (χ1n) is 11.2. The molecule has 2 amide bonds. The van der Waals surface area contributed by atoms with E-state index in [4.69, 9.17) is 9.47 Å². The van der Waals surface area contributed by atoms with Crippen LogP contribution in [0.4, 0.5) is 0 Å². The van der Waals surface area contributed by atoms with Crippen LogP contribution in [-0.4, -0.2) is 42.5 Å². The minimum Gasteiger partial charge on any atom is -0.497 e. The molecule has 1 aliphatic heterocycles. The predicted molar refractivity (Wildman–Crippen MR) is 129 cm³/mol. The van der Waals surface area contributed by atoms with Crippen molar-refractivity contribution in [3.8, 4) is 11.5 Å². The first-order valence-corrected chi connectivity index (χ1v) is 11.2. The quantitative estimate of drug-likeness (QED) is 0.532. The monoisotopic (exact) mass is 458 g/mol. The molecule has 4 rings (SSSR count). The molecule has 0 aliphatic carbocycles. The second-order valence-corrected chi connectivity index (χ2v) is 8.05. The molecular formula is C27H28N3O4+. The molecule has 0 bridgehead atoms. The molecular weight excluding hydrogens is 430 g/mol. The van der Waals surface area contributed by atoms with E-state index in [2.05, 4.69) is 10.7 Å². The van der Waals surface area contributed by atoms with Crippen molar-refractivity contribution in [2.45, 2.75) is 25.9 Å². The molecule has 1 saturated heterocycles. The van der Waals surface area contributed by atoms with E-state index in [-0.39, 0.29) is 11.8 Å². The molecule has 34 heavy (non-hydrogen) atoms. The van der Waals surface area contributed by atoms with Gasteiger partial charge in [0, 0.05) is 16.7 Å². The summed E-state index contributed by atoms with van der Waals surface area (Å²) in [6.07, 6.45) is 1.86. The Labute approximate surface area is 199 Å². The molecule has 174 valence electrons. The fourth-order valence-electron chi connectivity index (χ4n) is 3.89. The molecule has 2 N–H and O–H groups in total. The fourth-order valence-corrected chi connectivity index (χ4v) is 3.89. The van der Waals surface area contributed by atoms with Gasteiger partial charge in [-0.05, 0) is 62.4 Å². The summed E-state index contributed by atoms with van der Waals surface area (Å²) >= 11 is 0. The summed E-state index contributed by atoms with van der Waals surface area (Å²) in [4.78, 5) is 26.0. The molecule has 0 radical (unpaired) electrons. The summed E-state index contributed by atoms with van der Waals surface area (Å²) in [5, 5.41) is 2.91. The number of nitrogens with one attached hydrogen (secondary N) is 2. The van der Waals surface area contributed by atoms with Crippen molar-refractivity contribution in [3.05, 3.63) is 95.1 Å². The van der Waals surface area contributed by atoms with E-state index < -0.39 is 12.1 Å². The maximum atomic E-state index is 13.0. The van der Waals surface area contributed by atoms with Crippen LogP contribution in [0, 0.1) is 6.92 Å². The van der Waals surface area contributed by atoms with E-state index in [9.17, 15) is 9.59 Å². The number of carbonyl (C=O) groups is 2. The third-order valence-electron chi connectivity index (χ3n) is 5.67. The highest BCUT2D eigenvalue weighted by atomic mass is 16.5. The molecule has 7 heteroatoms. The lowest BCUT2D eigenvalue weighted by molar-refractivity contribution is -0.596. The Kier molecular flexibility index (Phi) is 6.92. The number of hydrogen-bond donors (Lipinski definition) is 2. The number of hydrazone groups is 1. The number of nitrogens with zero attached hydrogens (tertiary/aromatic N) is 1. The minimum absolute atomic E-state index is 0.283. The summed E-state index contributed by atoms with van der Waals surface area (Å²) < 4.78 is 12.4. The fraction of sp³-hybridized carbons (Fsp3) is 0.222. The number of hydrazine groups is 1. The number of benzene rings is 3. The number of ether oxygens (including phenoxy) is 2. The van der Waals surface area contributed by atoms with Crippen LogP contribution in [0.3, 0.4) is 0 Å². The summed E-state index contributed by atoms with van der Waals surface area (Å²) in [6, 6.07) is 21.1. The van der Waals surface area contributed by atoms with Gasteiger partial charge in [-0.2, -0.15) is 0 Å². The second kappa shape index (κ2) is 10.2. The molecule has 3 aromatic rings.